The van der Waals surface area contributed by atoms with Gasteiger partial charge in [-0.05, 0) is 23.8 Å². The molecule has 0 saturated heterocycles. The fraction of sp³-hybridized carbons (Fsp3) is 0.333. The standard InChI is InChI=1S/C9H8BrF4NO/c10-6-1-5(8(15)4-11)2-7(3-6)16-9(12,13)14/h1-3,8H,4,15H2/t8-/m1/s1. The highest BCUT2D eigenvalue weighted by molar-refractivity contribution is 9.10. The summed E-state index contributed by atoms with van der Waals surface area (Å²) in [6.45, 7) is -0.859. The van der Waals surface area contributed by atoms with Crippen molar-refractivity contribution in [3.8, 4) is 5.75 Å². The van der Waals surface area contributed by atoms with Crippen LogP contribution in [0.3, 0.4) is 0 Å². The van der Waals surface area contributed by atoms with Gasteiger partial charge in [-0.2, -0.15) is 0 Å². The van der Waals surface area contributed by atoms with Crippen LogP contribution in [-0.2, 0) is 0 Å². The van der Waals surface area contributed by atoms with E-state index in [9.17, 15) is 17.6 Å². The Morgan fingerprint density at radius 2 is 1.94 bits per heavy atom. The smallest absolute Gasteiger partial charge is 0.406 e. The summed E-state index contributed by atoms with van der Waals surface area (Å²) in [5.74, 6) is -0.430. The zero-order chi connectivity index (χ0) is 12.3. The van der Waals surface area contributed by atoms with Gasteiger partial charge in [-0.25, -0.2) is 4.39 Å². The van der Waals surface area contributed by atoms with Crippen molar-refractivity contribution in [3.63, 3.8) is 0 Å². The van der Waals surface area contributed by atoms with Gasteiger partial charge in [0.05, 0.1) is 6.04 Å². The minimum absolute atomic E-state index is 0.233. The number of alkyl halides is 4. The van der Waals surface area contributed by atoms with Crippen molar-refractivity contribution in [3.05, 3.63) is 28.2 Å². The first-order chi connectivity index (χ1) is 7.31. The monoisotopic (exact) mass is 301 g/mol. The van der Waals surface area contributed by atoms with E-state index in [0.29, 0.717) is 4.47 Å². The van der Waals surface area contributed by atoms with E-state index in [4.69, 9.17) is 5.73 Å². The molecule has 0 fully saturated rings. The fourth-order valence-electron chi connectivity index (χ4n) is 1.08. The van der Waals surface area contributed by atoms with Gasteiger partial charge in [-0.1, -0.05) is 15.9 Å². The molecule has 0 unspecified atom stereocenters. The molecule has 0 aliphatic carbocycles. The molecule has 0 saturated carbocycles. The van der Waals surface area contributed by atoms with Crippen molar-refractivity contribution in [2.45, 2.75) is 12.4 Å². The SMILES string of the molecule is N[C@H](CF)c1cc(Br)cc(OC(F)(F)F)c1. The molecule has 0 spiro atoms. The van der Waals surface area contributed by atoms with E-state index < -0.39 is 24.8 Å². The third-order valence-electron chi connectivity index (χ3n) is 1.72. The third-order valence-corrected chi connectivity index (χ3v) is 2.18. The maximum Gasteiger partial charge on any atom is 0.573 e. The average Bonchev–Trinajstić information content (AvgIpc) is 2.12. The summed E-state index contributed by atoms with van der Waals surface area (Å²) in [7, 11) is 0. The van der Waals surface area contributed by atoms with E-state index in [1.807, 2.05) is 0 Å². The zero-order valence-corrected chi connectivity index (χ0v) is 9.48. The van der Waals surface area contributed by atoms with Gasteiger partial charge in [-0.3, -0.25) is 0 Å². The molecule has 1 rings (SSSR count). The third kappa shape index (κ3) is 3.97. The Labute approximate surface area is 97.5 Å². The average molecular weight is 302 g/mol. The number of hydrogen-bond donors (Lipinski definition) is 1. The van der Waals surface area contributed by atoms with Crippen LogP contribution in [0.4, 0.5) is 17.6 Å². The van der Waals surface area contributed by atoms with E-state index in [0.717, 1.165) is 12.1 Å². The molecular weight excluding hydrogens is 294 g/mol. The summed E-state index contributed by atoms with van der Waals surface area (Å²) in [6, 6.07) is 2.66. The molecule has 2 nitrogen and oxygen atoms in total. The van der Waals surface area contributed by atoms with Crippen molar-refractivity contribution in [2.75, 3.05) is 6.67 Å². The van der Waals surface area contributed by atoms with E-state index in [-0.39, 0.29) is 5.56 Å². The quantitative estimate of drug-likeness (QED) is 0.869. The summed E-state index contributed by atoms with van der Waals surface area (Å²) in [5, 5.41) is 0. The Kier molecular flexibility index (Phi) is 4.15. The van der Waals surface area contributed by atoms with Gasteiger partial charge in [0.15, 0.2) is 0 Å². The van der Waals surface area contributed by atoms with Gasteiger partial charge in [0, 0.05) is 4.47 Å². The van der Waals surface area contributed by atoms with Crippen LogP contribution >= 0.6 is 15.9 Å². The van der Waals surface area contributed by atoms with Crippen molar-refractivity contribution in [2.24, 2.45) is 5.73 Å². The molecule has 0 radical (unpaired) electrons. The fourth-order valence-corrected chi connectivity index (χ4v) is 1.57. The molecule has 0 aromatic heterocycles. The van der Waals surface area contributed by atoms with E-state index in [1.165, 1.54) is 6.07 Å². The zero-order valence-electron chi connectivity index (χ0n) is 7.89. The van der Waals surface area contributed by atoms with Crippen molar-refractivity contribution in [1.29, 1.82) is 0 Å². The van der Waals surface area contributed by atoms with Crippen LogP contribution in [0.25, 0.3) is 0 Å². The maximum absolute atomic E-state index is 12.3. The number of ether oxygens (including phenoxy) is 1. The second-order valence-corrected chi connectivity index (χ2v) is 3.94. The molecule has 16 heavy (non-hydrogen) atoms. The molecule has 1 aromatic carbocycles. The first-order valence-corrected chi connectivity index (χ1v) is 4.99. The maximum atomic E-state index is 12.3. The predicted molar refractivity (Wildman–Crippen MR) is 53.7 cm³/mol. The van der Waals surface area contributed by atoms with Crippen LogP contribution < -0.4 is 10.5 Å². The normalized spacial score (nSPS) is 13.6. The van der Waals surface area contributed by atoms with E-state index in [2.05, 4.69) is 20.7 Å². The van der Waals surface area contributed by atoms with Crippen molar-refractivity contribution < 1.29 is 22.3 Å². The lowest BCUT2D eigenvalue weighted by atomic mass is 10.1. The molecule has 1 atom stereocenters. The predicted octanol–water partition coefficient (Wildman–Crippen LogP) is 3.32. The van der Waals surface area contributed by atoms with E-state index >= 15 is 0 Å². The van der Waals surface area contributed by atoms with Gasteiger partial charge in [0.2, 0.25) is 0 Å². The summed E-state index contributed by atoms with van der Waals surface area (Å²) in [6.07, 6.45) is -4.78. The van der Waals surface area contributed by atoms with Crippen LogP contribution in [0.2, 0.25) is 0 Å². The Morgan fingerprint density at radius 1 is 1.31 bits per heavy atom. The minimum atomic E-state index is -4.78. The van der Waals surface area contributed by atoms with Crippen LogP contribution in [0.5, 0.6) is 5.75 Å². The Bertz CT molecular complexity index is 369. The molecule has 0 aliphatic heterocycles. The van der Waals surface area contributed by atoms with Crippen LogP contribution in [0.15, 0.2) is 22.7 Å². The highest BCUT2D eigenvalue weighted by Crippen LogP contribution is 2.29. The summed E-state index contributed by atoms with van der Waals surface area (Å²) in [4.78, 5) is 0. The Balaban J connectivity index is 2.99. The Morgan fingerprint density at radius 3 is 2.44 bits per heavy atom. The molecule has 0 aliphatic rings. The van der Waals surface area contributed by atoms with E-state index in [1.54, 1.807) is 0 Å². The number of halogens is 5. The van der Waals surface area contributed by atoms with Crippen LogP contribution in [0.1, 0.15) is 11.6 Å². The van der Waals surface area contributed by atoms with Gasteiger partial charge in [0.25, 0.3) is 0 Å². The number of hydrogen-bond acceptors (Lipinski definition) is 2. The van der Waals surface area contributed by atoms with Crippen LogP contribution in [-0.4, -0.2) is 13.0 Å². The molecule has 2 N–H and O–H groups in total. The van der Waals surface area contributed by atoms with Gasteiger partial charge < -0.3 is 10.5 Å². The number of rotatable bonds is 3. The molecule has 0 amide bonds. The molecule has 7 heteroatoms. The summed E-state index contributed by atoms with van der Waals surface area (Å²) in [5.41, 5.74) is 5.60. The largest absolute Gasteiger partial charge is 0.573 e. The van der Waals surface area contributed by atoms with Gasteiger partial charge >= 0.3 is 6.36 Å². The molecule has 90 valence electrons. The minimum Gasteiger partial charge on any atom is -0.406 e. The summed E-state index contributed by atoms with van der Waals surface area (Å²) < 4.78 is 52.2. The van der Waals surface area contributed by atoms with Gasteiger partial charge in [-0.15, -0.1) is 13.2 Å². The highest BCUT2D eigenvalue weighted by atomic mass is 79.9. The molecular formula is C9H8BrF4NO. The second-order valence-electron chi connectivity index (χ2n) is 3.03. The topological polar surface area (TPSA) is 35.2 Å². The second kappa shape index (κ2) is 5.01. The first-order valence-electron chi connectivity index (χ1n) is 4.19. The summed E-state index contributed by atoms with van der Waals surface area (Å²) >= 11 is 2.99. The highest BCUT2D eigenvalue weighted by Gasteiger charge is 2.31. The first kappa shape index (κ1) is 13.2. The number of nitrogens with two attached hydrogens (primary N) is 1. The Hall–Kier alpha value is -0.820. The van der Waals surface area contributed by atoms with Crippen molar-refractivity contribution in [1.82, 2.24) is 0 Å². The van der Waals surface area contributed by atoms with Gasteiger partial charge in [0.1, 0.15) is 12.4 Å². The lowest BCUT2D eigenvalue weighted by molar-refractivity contribution is -0.274. The number of benzene rings is 1. The lowest BCUT2D eigenvalue weighted by Gasteiger charge is -2.13. The molecule has 0 heterocycles. The molecule has 1 aromatic rings. The lowest BCUT2D eigenvalue weighted by Crippen LogP contribution is -2.18. The van der Waals surface area contributed by atoms with Crippen LogP contribution in [0, 0.1) is 0 Å². The van der Waals surface area contributed by atoms with Crippen molar-refractivity contribution >= 4 is 15.9 Å². The molecule has 0 bridgehead atoms.